The molecule has 9 heteroatoms. The van der Waals surface area contributed by atoms with Crippen molar-refractivity contribution in [2.75, 3.05) is 33.2 Å². The number of benzene rings is 1. The lowest BCUT2D eigenvalue weighted by Gasteiger charge is -2.48. The zero-order valence-corrected chi connectivity index (χ0v) is 19.1. The summed E-state index contributed by atoms with van der Waals surface area (Å²) in [5.41, 5.74) is 1.91. The van der Waals surface area contributed by atoms with Gasteiger partial charge in [0.1, 0.15) is 17.6 Å². The number of hydrogen-bond acceptors (Lipinski definition) is 4. The predicted molar refractivity (Wildman–Crippen MR) is 121 cm³/mol. The third-order valence-corrected chi connectivity index (χ3v) is 7.46. The van der Waals surface area contributed by atoms with Crippen molar-refractivity contribution < 1.29 is 18.8 Å². The first kappa shape index (κ1) is 21.9. The predicted octanol–water partition coefficient (Wildman–Crippen LogP) is 1.64. The van der Waals surface area contributed by atoms with Gasteiger partial charge in [0.25, 0.3) is 5.91 Å². The number of rotatable bonds is 3. The summed E-state index contributed by atoms with van der Waals surface area (Å²) in [5.74, 6) is -0.554. The van der Waals surface area contributed by atoms with Gasteiger partial charge in [0, 0.05) is 44.2 Å². The summed E-state index contributed by atoms with van der Waals surface area (Å²) in [5, 5.41) is 3.55. The van der Waals surface area contributed by atoms with Crippen LogP contribution in [0, 0.1) is 12.7 Å². The van der Waals surface area contributed by atoms with E-state index in [9.17, 15) is 18.8 Å². The number of aromatic amines is 1. The number of carbonyl (C=O) groups is 3. The van der Waals surface area contributed by atoms with Crippen LogP contribution < -0.4 is 5.32 Å². The maximum Gasteiger partial charge on any atom is 0.267 e. The Bertz CT molecular complexity index is 1080. The second-order valence-corrected chi connectivity index (χ2v) is 9.62. The maximum absolute atomic E-state index is 14.1. The zero-order chi connectivity index (χ0) is 23.3. The monoisotopic (exact) mass is 455 g/mol. The van der Waals surface area contributed by atoms with Crippen molar-refractivity contribution >= 4 is 28.6 Å². The van der Waals surface area contributed by atoms with Gasteiger partial charge in [-0.05, 0) is 50.3 Å². The van der Waals surface area contributed by atoms with E-state index in [0.29, 0.717) is 29.7 Å². The minimum atomic E-state index is -0.413. The molecule has 1 aromatic carbocycles. The number of H-pyrrole nitrogens is 1. The van der Waals surface area contributed by atoms with Crippen LogP contribution in [0.5, 0.6) is 0 Å². The van der Waals surface area contributed by atoms with Gasteiger partial charge in [-0.15, -0.1) is 0 Å². The van der Waals surface area contributed by atoms with Crippen molar-refractivity contribution in [1.82, 2.24) is 25.0 Å². The standard InChI is InChI=1S/C24H30FN5O3/c1-14-6-7-18(25)17-11-19(27-22(14)17)23(32)26-15-4-3-5-16(10-15)29-8-9-30-20(12-29)24(33)28(2)13-21(30)31/h6-7,11,15-16,20,27H,3-5,8-10,12-13H2,1-2H3,(H,26,32)/t15-,16+,20+/m1/s1. The first-order valence-electron chi connectivity index (χ1n) is 11.7. The molecule has 2 saturated heterocycles. The Morgan fingerprint density at radius 1 is 1.21 bits per heavy atom. The van der Waals surface area contributed by atoms with Crippen LogP contribution in [0.15, 0.2) is 18.2 Å². The summed E-state index contributed by atoms with van der Waals surface area (Å²) in [7, 11) is 1.68. The van der Waals surface area contributed by atoms with Gasteiger partial charge in [-0.1, -0.05) is 6.07 Å². The lowest BCUT2D eigenvalue weighted by molar-refractivity contribution is -0.159. The number of aromatic nitrogens is 1. The molecular weight excluding hydrogens is 425 g/mol. The molecule has 2 aliphatic heterocycles. The molecule has 3 aliphatic rings. The highest BCUT2D eigenvalue weighted by molar-refractivity contribution is 5.99. The quantitative estimate of drug-likeness (QED) is 0.737. The van der Waals surface area contributed by atoms with Crippen LogP contribution in [0.1, 0.15) is 41.7 Å². The third kappa shape index (κ3) is 3.99. The van der Waals surface area contributed by atoms with Crippen molar-refractivity contribution in [3.8, 4) is 0 Å². The molecule has 8 nitrogen and oxygen atoms in total. The van der Waals surface area contributed by atoms with Crippen molar-refractivity contribution in [3.63, 3.8) is 0 Å². The fourth-order valence-electron chi connectivity index (χ4n) is 5.61. The highest BCUT2D eigenvalue weighted by Crippen LogP contribution is 2.28. The van der Waals surface area contributed by atoms with Crippen molar-refractivity contribution in [1.29, 1.82) is 0 Å². The number of amides is 3. The van der Waals surface area contributed by atoms with Gasteiger partial charge in [0.05, 0.1) is 12.1 Å². The Balaban J connectivity index is 1.24. The molecule has 2 aromatic rings. The van der Waals surface area contributed by atoms with E-state index in [0.717, 1.165) is 37.8 Å². The van der Waals surface area contributed by atoms with E-state index in [4.69, 9.17) is 0 Å². The number of aryl methyl sites for hydroxylation is 1. The number of hydrogen-bond donors (Lipinski definition) is 2. The number of fused-ring (bicyclic) bond motifs is 2. The number of halogens is 1. The Morgan fingerprint density at radius 2 is 2.03 bits per heavy atom. The third-order valence-electron chi connectivity index (χ3n) is 7.46. The van der Waals surface area contributed by atoms with Crippen LogP contribution in [0.25, 0.3) is 10.9 Å². The molecule has 176 valence electrons. The molecule has 1 aromatic heterocycles. The SMILES string of the molecule is Cc1ccc(F)c2cc(C(=O)N[C@@H]3CCC[C@H](N4CCN5C(=O)CN(C)C(=O)[C@@H]5C4)C3)[nH]c12. The number of nitrogens with one attached hydrogen (secondary N) is 2. The van der Waals surface area contributed by atoms with Gasteiger partial charge < -0.3 is 20.1 Å². The molecule has 2 N–H and O–H groups in total. The smallest absolute Gasteiger partial charge is 0.267 e. The first-order valence-corrected chi connectivity index (χ1v) is 11.7. The van der Waals surface area contributed by atoms with Gasteiger partial charge >= 0.3 is 0 Å². The normalized spacial score (nSPS) is 26.6. The van der Waals surface area contributed by atoms with Crippen LogP contribution in [0.2, 0.25) is 0 Å². The molecule has 0 spiro atoms. The van der Waals surface area contributed by atoms with E-state index < -0.39 is 6.04 Å². The van der Waals surface area contributed by atoms with Crippen LogP contribution in [-0.2, 0) is 9.59 Å². The summed E-state index contributed by atoms with van der Waals surface area (Å²) < 4.78 is 14.1. The second-order valence-electron chi connectivity index (χ2n) is 9.62. The van der Waals surface area contributed by atoms with E-state index in [1.54, 1.807) is 24.1 Å². The summed E-state index contributed by atoms with van der Waals surface area (Å²) in [4.78, 5) is 46.5. The summed E-state index contributed by atoms with van der Waals surface area (Å²) in [6, 6.07) is 4.55. The number of likely N-dealkylation sites (N-methyl/N-ethyl adjacent to an activating group) is 1. The van der Waals surface area contributed by atoms with Gasteiger partial charge in [-0.25, -0.2) is 4.39 Å². The molecule has 3 amide bonds. The van der Waals surface area contributed by atoms with Crippen LogP contribution in [-0.4, -0.2) is 88.8 Å². The van der Waals surface area contributed by atoms with E-state index in [1.807, 2.05) is 6.92 Å². The fourth-order valence-corrected chi connectivity index (χ4v) is 5.61. The number of carbonyl (C=O) groups excluding carboxylic acids is 3. The fraction of sp³-hybridized carbons (Fsp3) is 0.542. The largest absolute Gasteiger partial charge is 0.350 e. The lowest BCUT2D eigenvalue weighted by Crippen LogP contribution is -2.67. The average molecular weight is 456 g/mol. The molecular formula is C24H30FN5O3. The Morgan fingerprint density at radius 3 is 2.82 bits per heavy atom. The molecule has 5 rings (SSSR count). The highest BCUT2D eigenvalue weighted by Gasteiger charge is 2.43. The second kappa shape index (κ2) is 8.44. The summed E-state index contributed by atoms with van der Waals surface area (Å²) in [6.45, 7) is 3.89. The summed E-state index contributed by atoms with van der Waals surface area (Å²) in [6.07, 6.45) is 3.67. The Kier molecular flexibility index (Phi) is 5.60. The van der Waals surface area contributed by atoms with Gasteiger partial charge in [0.2, 0.25) is 11.8 Å². The Labute approximate surface area is 192 Å². The van der Waals surface area contributed by atoms with Gasteiger partial charge in [-0.3, -0.25) is 19.3 Å². The van der Waals surface area contributed by atoms with Gasteiger partial charge in [0.15, 0.2) is 0 Å². The Hall–Kier alpha value is -2.94. The molecule has 0 bridgehead atoms. The van der Waals surface area contributed by atoms with Crippen LogP contribution in [0.3, 0.4) is 0 Å². The van der Waals surface area contributed by atoms with Crippen molar-refractivity contribution in [2.24, 2.45) is 0 Å². The van der Waals surface area contributed by atoms with E-state index in [2.05, 4.69) is 15.2 Å². The number of piperazine rings is 2. The van der Waals surface area contributed by atoms with Crippen LogP contribution >= 0.6 is 0 Å². The molecule has 0 unspecified atom stereocenters. The molecule has 3 fully saturated rings. The van der Waals surface area contributed by atoms with Crippen molar-refractivity contribution in [2.45, 2.75) is 50.7 Å². The lowest BCUT2D eigenvalue weighted by atomic mass is 9.88. The molecule has 3 heterocycles. The molecule has 33 heavy (non-hydrogen) atoms. The van der Waals surface area contributed by atoms with Crippen molar-refractivity contribution in [3.05, 3.63) is 35.3 Å². The van der Waals surface area contributed by atoms with Crippen LogP contribution in [0.4, 0.5) is 4.39 Å². The van der Waals surface area contributed by atoms with E-state index in [1.165, 1.54) is 11.0 Å². The van der Waals surface area contributed by atoms with E-state index in [-0.39, 0.29) is 42.2 Å². The highest BCUT2D eigenvalue weighted by atomic mass is 19.1. The minimum Gasteiger partial charge on any atom is -0.350 e. The maximum atomic E-state index is 14.1. The molecule has 1 saturated carbocycles. The summed E-state index contributed by atoms with van der Waals surface area (Å²) >= 11 is 0. The van der Waals surface area contributed by atoms with E-state index >= 15 is 0 Å². The number of nitrogens with zero attached hydrogens (tertiary/aromatic N) is 3. The minimum absolute atomic E-state index is 0.00120. The van der Waals surface area contributed by atoms with Gasteiger partial charge in [-0.2, -0.15) is 0 Å². The molecule has 1 aliphatic carbocycles. The zero-order valence-electron chi connectivity index (χ0n) is 19.1. The first-order chi connectivity index (χ1) is 15.8. The average Bonchev–Trinajstić information content (AvgIpc) is 3.27. The molecule has 0 radical (unpaired) electrons. The topological polar surface area (TPSA) is 88.8 Å². The molecule has 3 atom stereocenters.